The lowest BCUT2D eigenvalue weighted by Gasteiger charge is -2.15. The summed E-state index contributed by atoms with van der Waals surface area (Å²) in [6.07, 6.45) is 3.85. The number of aryl methyl sites for hydroxylation is 1. The monoisotopic (exact) mass is 435 g/mol. The molecule has 3 aromatic heterocycles. The number of hydrogen-bond donors (Lipinski definition) is 3. The van der Waals surface area contributed by atoms with E-state index in [1.165, 1.54) is 22.4 Å². The van der Waals surface area contributed by atoms with Crippen molar-refractivity contribution in [1.82, 2.24) is 24.1 Å². The zero-order chi connectivity index (χ0) is 22.5. The van der Waals surface area contributed by atoms with Crippen LogP contribution in [0.15, 0.2) is 69.5 Å². The van der Waals surface area contributed by atoms with Crippen LogP contribution in [0.5, 0.6) is 5.75 Å². The molecule has 0 saturated heterocycles. The number of benzene rings is 1. The third-order valence-corrected chi connectivity index (χ3v) is 4.65. The first kappa shape index (κ1) is 21.0. The SMILES string of the molecule is Cn1c(=O)[nH]c(=O)c2c1nc(N/N=C/c1cccnc1)n2CC(O)COc1ccccc1. The van der Waals surface area contributed by atoms with Crippen LogP contribution in [0.2, 0.25) is 0 Å². The minimum atomic E-state index is -0.966. The minimum Gasteiger partial charge on any atom is -0.491 e. The molecule has 0 radical (unpaired) electrons. The van der Waals surface area contributed by atoms with Crippen LogP contribution in [-0.4, -0.2) is 48.1 Å². The number of imidazole rings is 1. The van der Waals surface area contributed by atoms with Crippen molar-refractivity contribution in [2.45, 2.75) is 12.6 Å². The molecule has 3 N–H and O–H groups in total. The Hall–Kier alpha value is -4.25. The highest BCUT2D eigenvalue weighted by Crippen LogP contribution is 2.17. The topological polar surface area (TPSA) is 139 Å². The molecule has 0 saturated carbocycles. The summed E-state index contributed by atoms with van der Waals surface area (Å²) in [4.78, 5) is 35.1. The van der Waals surface area contributed by atoms with Crippen molar-refractivity contribution in [3.63, 3.8) is 0 Å². The molecule has 0 aliphatic carbocycles. The van der Waals surface area contributed by atoms with E-state index in [0.717, 1.165) is 5.56 Å². The molecule has 4 aromatic rings. The second-order valence-electron chi connectivity index (χ2n) is 6.97. The number of fused-ring (bicyclic) bond motifs is 1. The molecule has 11 nitrogen and oxygen atoms in total. The number of hydrogen-bond acceptors (Lipinski definition) is 8. The number of H-pyrrole nitrogens is 1. The number of hydrazone groups is 1. The van der Waals surface area contributed by atoms with Gasteiger partial charge in [0.25, 0.3) is 5.56 Å². The van der Waals surface area contributed by atoms with E-state index in [9.17, 15) is 14.7 Å². The van der Waals surface area contributed by atoms with Crippen molar-refractivity contribution >= 4 is 23.3 Å². The van der Waals surface area contributed by atoms with Gasteiger partial charge in [0, 0.05) is 25.0 Å². The summed E-state index contributed by atoms with van der Waals surface area (Å²) < 4.78 is 8.28. The lowest BCUT2D eigenvalue weighted by Crippen LogP contribution is -2.30. The zero-order valence-corrected chi connectivity index (χ0v) is 17.2. The van der Waals surface area contributed by atoms with Crippen LogP contribution < -0.4 is 21.4 Å². The number of aromatic amines is 1. The van der Waals surface area contributed by atoms with Gasteiger partial charge >= 0.3 is 5.69 Å². The predicted molar refractivity (Wildman–Crippen MR) is 119 cm³/mol. The van der Waals surface area contributed by atoms with E-state index in [1.807, 2.05) is 24.3 Å². The fourth-order valence-electron chi connectivity index (χ4n) is 3.09. The quantitative estimate of drug-likeness (QED) is 0.273. The highest BCUT2D eigenvalue weighted by atomic mass is 16.5. The van der Waals surface area contributed by atoms with Gasteiger partial charge in [-0.3, -0.25) is 19.3 Å². The molecule has 0 fully saturated rings. The van der Waals surface area contributed by atoms with Gasteiger partial charge in [0.05, 0.1) is 12.8 Å². The number of nitrogens with one attached hydrogen (secondary N) is 2. The largest absolute Gasteiger partial charge is 0.491 e. The molecule has 0 spiro atoms. The number of nitrogens with zero attached hydrogens (tertiary/aromatic N) is 5. The van der Waals surface area contributed by atoms with E-state index in [0.29, 0.717) is 5.75 Å². The van der Waals surface area contributed by atoms with Gasteiger partial charge in [0.2, 0.25) is 5.95 Å². The maximum Gasteiger partial charge on any atom is 0.329 e. The van der Waals surface area contributed by atoms with Crippen LogP contribution in [0.1, 0.15) is 5.56 Å². The molecule has 3 heterocycles. The third kappa shape index (κ3) is 4.57. The molecule has 11 heteroatoms. The second-order valence-corrected chi connectivity index (χ2v) is 6.97. The third-order valence-electron chi connectivity index (χ3n) is 4.65. The lowest BCUT2D eigenvalue weighted by molar-refractivity contribution is 0.0938. The van der Waals surface area contributed by atoms with Gasteiger partial charge in [0.1, 0.15) is 18.5 Å². The molecule has 32 heavy (non-hydrogen) atoms. The number of para-hydroxylation sites is 1. The highest BCUT2D eigenvalue weighted by molar-refractivity contribution is 5.80. The Morgan fingerprint density at radius 1 is 1.25 bits per heavy atom. The van der Waals surface area contributed by atoms with Gasteiger partial charge in [-0.2, -0.15) is 10.1 Å². The number of pyridine rings is 1. The first-order chi connectivity index (χ1) is 15.5. The molecular formula is C21H21N7O4. The fourth-order valence-corrected chi connectivity index (χ4v) is 3.09. The van der Waals surface area contributed by atoms with Crippen LogP contribution in [-0.2, 0) is 13.6 Å². The molecule has 1 atom stereocenters. The van der Waals surface area contributed by atoms with Crippen molar-refractivity contribution in [2.24, 2.45) is 12.1 Å². The Labute approximate surface area is 181 Å². The average molecular weight is 435 g/mol. The van der Waals surface area contributed by atoms with Crippen LogP contribution >= 0.6 is 0 Å². The molecule has 1 unspecified atom stereocenters. The summed E-state index contributed by atoms with van der Waals surface area (Å²) in [5.41, 5.74) is 2.62. The Morgan fingerprint density at radius 2 is 2.06 bits per heavy atom. The number of ether oxygens (including phenoxy) is 1. The van der Waals surface area contributed by atoms with Gasteiger partial charge < -0.3 is 14.4 Å². The van der Waals surface area contributed by atoms with E-state index < -0.39 is 17.4 Å². The number of anilines is 1. The number of aromatic nitrogens is 5. The van der Waals surface area contributed by atoms with Crippen molar-refractivity contribution in [3.05, 3.63) is 81.3 Å². The van der Waals surface area contributed by atoms with Crippen molar-refractivity contribution in [1.29, 1.82) is 0 Å². The Balaban J connectivity index is 1.63. The molecule has 0 aliphatic heterocycles. The number of aliphatic hydroxyl groups is 1. The summed E-state index contributed by atoms with van der Waals surface area (Å²) in [5, 5.41) is 14.7. The Kier molecular flexibility index (Phi) is 6.08. The van der Waals surface area contributed by atoms with Crippen molar-refractivity contribution in [2.75, 3.05) is 12.0 Å². The average Bonchev–Trinajstić information content (AvgIpc) is 3.16. The summed E-state index contributed by atoms with van der Waals surface area (Å²) in [7, 11) is 1.50. The molecule has 0 aliphatic rings. The zero-order valence-electron chi connectivity index (χ0n) is 17.2. The van der Waals surface area contributed by atoms with Crippen LogP contribution in [0.3, 0.4) is 0 Å². The normalized spacial score (nSPS) is 12.3. The fraction of sp³-hybridized carbons (Fsp3) is 0.190. The van der Waals surface area contributed by atoms with Crippen LogP contribution in [0.4, 0.5) is 5.95 Å². The van der Waals surface area contributed by atoms with E-state index in [4.69, 9.17) is 4.74 Å². The Morgan fingerprint density at radius 3 is 2.81 bits per heavy atom. The molecule has 4 rings (SSSR count). The highest BCUT2D eigenvalue weighted by Gasteiger charge is 2.19. The molecule has 0 amide bonds. The standard InChI is InChI=1S/C21H21N7O4/c1-27-18-17(19(30)25-21(27)31)28(12-15(29)13-32-16-7-3-2-4-8-16)20(24-18)26-23-11-14-6-5-9-22-10-14/h2-11,15,29H,12-13H2,1H3,(H,24,26)(H,25,30,31)/b23-11+. The summed E-state index contributed by atoms with van der Waals surface area (Å²) in [6.45, 7) is -0.0267. The molecular weight excluding hydrogens is 414 g/mol. The first-order valence-electron chi connectivity index (χ1n) is 9.77. The van der Waals surface area contributed by atoms with E-state index in [1.54, 1.807) is 30.6 Å². The minimum absolute atomic E-state index is 0.00819. The smallest absolute Gasteiger partial charge is 0.329 e. The summed E-state index contributed by atoms with van der Waals surface area (Å²) in [6, 6.07) is 12.7. The molecule has 0 bridgehead atoms. The predicted octanol–water partition coefficient (Wildman–Crippen LogP) is 0.704. The Bertz CT molecular complexity index is 1340. The summed E-state index contributed by atoms with van der Waals surface area (Å²) >= 11 is 0. The van der Waals surface area contributed by atoms with Gasteiger partial charge in [-0.25, -0.2) is 10.2 Å². The number of aliphatic hydroxyl groups excluding tert-OH is 1. The number of rotatable bonds is 8. The maximum absolute atomic E-state index is 12.5. The summed E-state index contributed by atoms with van der Waals surface area (Å²) in [5.74, 6) is 0.798. The van der Waals surface area contributed by atoms with Crippen molar-refractivity contribution < 1.29 is 9.84 Å². The van der Waals surface area contributed by atoms with Gasteiger partial charge in [0.15, 0.2) is 11.2 Å². The second kappa shape index (κ2) is 9.27. The van der Waals surface area contributed by atoms with E-state index in [-0.39, 0.29) is 30.3 Å². The van der Waals surface area contributed by atoms with Crippen LogP contribution in [0, 0.1) is 0 Å². The van der Waals surface area contributed by atoms with Crippen LogP contribution in [0.25, 0.3) is 11.2 Å². The van der Waals surface area contributed by atoms with Gasteiger partial charge in [-0.1, -0.05) is 24.3 Å². The lowest BCUT2D eigenvalue weighted by atomic mass is 10.3. The first-order valence-corrected chi connectivity index (χ1v) is 9.77. The molecule has 1 aromatic carbocycles. The van der Waals surface area contributed by atoms with Gasteiger partial charge in [-0.05, 0) is 18.2 Å². The van der Waals surface area contributed by atoms with Gasteiger partial charge in [-0.15, -0.1) is 0 Å². The molecule has 164 valence electrons. The maximum atomic E-state index is 12.5. The van der Waals surface area contributed by atoms with Crippen molar-refractivity contribution in [3.8, 4) is 5.75 Å². The van der Waals surface area contributed by atoms with E-state index >= 15 is 0 Å². The van der Waals surface area contributed by atoms with E-state index in [2.05, 4.69) is 25.5 Å².